The predicted molar refractivity (Wildman–Crippen MR) is 215 cm³/mol. The molecule has 0 amide bonds. The van der Waals surface area contributed by atoms with Crippen LogP contribution in [-0.4, -0.2) is 15.0 Å². The van der Waals surface area contributed by atoms with E-state index >= 15 is 0 Å². The number of rotatable bonds is 6. The molecule has 0 unspecified atom stereocenters. The van der Waals surface area contributed by atoms with Crippen molar-refractivity contribution in [3.63, 3.8) is 0 Å². The smallest absolute Gasteiger partial charge is 0.174 e. The maximum atomic E-state index is 5.33. The highest BCUT2D eigenvalue weighted by atomic mass is 32.1. The number of fused-ring (bicyclic) bond motifs is 4. The predicted octanol–water partition coefficient (Wildman–Crippen LogP) is 12.2. The van der Waals surface area contributed by atoms with Crippen molar-refractivity contribution in [2.45, 2.75) is 31.1 Å². The fraction of sp³-hybridized carbons (Fsp3) is 0.104. The lowest BCUT2D eigenvalue weighted by molar-refractivity contribution is 0.768. The number of thiophene rings is 1. The Bertz CT molecular complexity index is 2560. The third-order valence-electron chi connectivity index (χ3n) is 10.8. The molecule has 5 aromatic carbocycles. The quantitative estimate of drug-likeness (QED) is 0.175. The molecule has 2 aromatic heterocycles. The van der Waals surface area contributed by atoms with Crippen molar-refractivity contribution in [2.24, 2.45) is 0 Å². The molecule has 7 aromatic rings. The Morgan fingerprint density at radius 3 is 2.04 bits per heavy atom. The first-order valence-corrected chi connectivity index (χ1v) is 19.0. The van der Waals surface area contributed by atoms with Gasteiger partial charge in [-0.15, -0.1) is 11.3 Å². The van der Waals surface area contributed by atoms with Crippen LogP contribution in [0.5, 0.6) is 0 Å². The van der Waals surface area contributed by atoms with Crippen LogP contribution in [0.25, 0.3) is 48.9 Å². The molecule has 248 valence electrons. The van der Waals surface area contributed by atoms with Crippen LogP contribution in [0.4, 0.5) is 0 Å². The van der Waals surface area contributed by atoms with Crippen LogP contribution in [0.15, 0.2) is 175 Å². The summed E-state index contributed by atoms with van der Waals surface area (Å²) in [5.41, 5.74) is 11.9. The van der Waals surface area contributed by atoms with Crippen LogP contribution in [0.1, 0.15) is 53.8 Å². The summed E-state index contributed by atoms with van der Waals surface area (Å²) in [5.74, 6) is 2.13. The van der Waals surface area contributed by atoms with Crippen molar-refractivity contribution in [1.29, 1.82) is 0 Å². The van der Waals surface area contributed by atoms with Gasteiger partial charge in [-0.1, -0.05) is 146 Å². The van der Waals surface area contributed by atoms with E-state index in [-0.39, 0.29) is 0 Å². The van der Waals surface area contributed by atoms with Gasteiger partial charge in [0.15, 0.2) is 17.5 Å². The van der Waals surface area contributed by atoms with E-state index < -0.39 is 5.41 Å². The van der Waals surface area contributed by atoms with Gasteiger partial charge >= 0.3 is 0 Å². The van der Waals surface area contributed by atoms with Gasteiger partial charge < -0.3 is 0 Å². The van der Waals surface area contributed by atoms with Crippen molar-refractivity contribution in [2.75, 3.05) is 0 Å². The summed E-state index contributed by atoms with van der Waals surface area (Å²) in [5, 5.41) is 1.20. The molecule has 0 aliphatic heterocycles. The summed E-state index contributed by atoms with van der Waals surface area (Å²) in [6, 6.07) is 48.4. The van der Waals surface area contributed by atoms with Gasteiger partial charge in [-0.3, -0.25) is 0 Å². The molecule has 0 saturated heterocycles. The summed E-state index contributed by atoms with van der Waals surface area (Å²) in [4.78, 5) is 16.9. The van der Waals surface area contributed by atoms with Crippen molar-refractivity contribution in [3.05, 3.63) is 203 Å². The Morgan fingerprint density at radius 2 is 1.25 bits per heavy atom. The SMILES string of the molecule is C1=CCCC(C2=C(c3nc(-c4cccc(C5(c6ccccc6)c6ccccc6-c6ccccc65)c4)nc(-c4cc5ccccc5s4)n3)C=CCC2)=C1. The van der Waals surface area contributed by atoms with E-state index in [1.165, 1.54) is 54.6 Å². The highest BCUT2D eigenvalue weighted by Gasteiger charge is 2.46. The molecule has 0 fully saturated rings. The van der Waals surface area contributed by atoms with E-state index in [2.05, 4.69) is 164 Å². The topological polar surface area (TPSA) is 38.7 Å². The van der Waals surface area contributed by atoms with Crippen molar-refractivity contribution >= 4 is 27.0 Å². The zero-order valence-corrected chi connectivity index (χ0v) is 29.5. The number of hydrogen-bond acceptors (Lipinski definition) is 4. The first kappa shape index (κ1) is 30.8. The highest BCUT2D eigenvalue weighted by molar-refractivity contribution is 7.22. The molecule has 0 N–H and O–H groups in total. The van der Waals surface area contributed by atoms with Gasteiger partial charge in [0.25, 0.3) is 0 Å². The average molecular weight is 686 g/mol. The molecule has 0 atom stereocenters. The molecular weight excluding hydrogens is 651 g/mol. The highest BCUT2D eigenvalue weighted by Crippen LogP contribution is 2.56. The lowest BCUT2D eigenvalue weighted by Crippen LogP contribution is -2.28. The second-order valence-corrected chi connectivity index (χ2v) is 14.8. The van der Waals surface area contributed by atoms with Gasteiger partial charge in [0.05, 0.1) is 10.3 Å². The summed E-state index contributed by atoms with van der Waals surface area (Å²) >= 11 is 1.74. The second-order valence-electron chi connectivity index (χ2n) is 13.7. The number of benzene rings is 5. The van der Waals surface area contributed by atoms with Crippen LogP contribution in [0.3, 0.4) is 0 Å². The largest absolute Gasteiger partial charge is 0.208 e. The molecule has 4 heteroatoms. The molecule has 3 aliphatic rings. The zero-order valence-electron chi connectivity index (χ0n) is 28.7. The van der Waals surface area contributed by atoms with E-state index in [0.29, 0.717) is 11.6 Å². The van der Waals surface area contributed by atoms with Gasteiger partial charge in [0.2, 0.25) is 0 Å². The molecule has 52 heavy (non-hydrogen) atoms. The average Bonchev–Trinajstić information content (AvgIpc) is 3.80. The van der Waals surface area contributed by atoms with Crippen LogP contribution < -0.4 is 0 Å². The fourth-order valence-corrected chi connectivity index (χ4v) is 9.49. The normalized spacial score (nSPS) is 15.8. The van der Waals surface area contributed by atoms with E-state index in [4.69, 9.17) is 15.0 Å². The van der Waals surface area contributed by atoms with E-state index in [9.17, 15) is 0 Å². The molecule has 0 saturated carbocycles. The molecule has 0 spiro atoms. The van der Waals surface area contributed by atoms with E-state index in [0.717, 1.165) is 47.5 Å². The zero-order chi connectivity index (χ0) is 34.5. The Kier molecular flexibility index (Phi) is 7.51. The molecule has 2 heterocycles. The monoisotopic (exact) mass is 685 g/mol. The van der Waals surface area contributed by atoms with Crippen molar-refractivity contribution in [3.8, 4) is 33.2 Å². The number of nitrogens with zero attached hydrogens (tertiary/aromatic N) is 3. The minimum atomic E-state index is -0.503. The Morgan fingerprint density at radius 1 is 0.558 bits per heavy atom. The van der Waals surface area contributed by atoms with Crippen LogP contribution in [0, 0.1) is 0 Å². The Labute approximate surface area is 308 Å². The Balaban J connectivity index is 1.21. The molecule has 3 nitrogen and oxygen atoms in total. The van der Waals surface area contributed by atoms with E-state index in [1.54, 1.807) is 11.3 Å². The first-order chi connectivity index (χ1) is 25.8. The second kappa shape index (κ2) is 12.7. The van der Waals surface area contributed by atoms with Crippen LogP contribution >= 0.6 is 11.3 Å². The summed E-state index contributed by atoms with van der Waals surface area (Å²) in [6.45, 7) is 0. The summed E-state index contributed by atoms with van der Waals surface area (Å²) in [6.07, 6.45) is 15.3. The van der Waals surface area contributed by atoms with Crippen molar-refractivity contribution in [1.82, 2.24) is 15.0 Å². The van der Waals surface area contributed by atoms with Crippen LogP contribution in [0.2, 0.25) is 0 Å². The molecule has 0 bridgehead atoms. The molecule has 0 radical (unpaired) electrons. The van der Waals surface area contributed by atoms with Crippen molar-refractivity contribution < 1.29 is 0 Å². The number of hydrogen-bond donors (Lipinski definition) is 0. The number of aromatic nitrogens is 3. The minimum absolute atomic E-state index is 0.503. The molecule has 10 rings (SSSR count). The lowest BCUT2D eigenvalue weighted by atomic mass is 9.67. The Hall–Kier alpha value is -5.97. The fourth-order valence-electron chi connectivity index (χ4n) is 8.49. The van der Waals surface area contributed by atoms with Gasteiger partial charge in [-0.2, -0.15) is 0 Å². The van der Waals surface area contributed by atoms with Gasteiger partial charge in [0, 0.05) is 15.8 Å². The maximum Gasteiger partial charge on any atom is 0.174 e. The lowest BCUT2D eigenvalue weighted by Gasteiger charge is -2.34. The molecular formula is C48H35N3S. The summed E-state index contributed by atoms with van der Waals surface area (Å²) in [7, 11) is 0. The number of allylic oxidation sites excluding steroid dienone is 8. The summed E-state index contributed by atoms with van der Waals surface area (Å²) < 4.78 is 1.22. The standard InChI is InChI=1S/C48H35N3S/c1-3-16-32(17-4-1)37-23-8-9-26-40(37)46-49-45(50-47(51-46)44-31-33-18-7-14-29-43(33)52-44)34-19-15-22-36(30-34)48(35-20-5-2-6-21-35)41-27-12-10-24-38(41)39-25-11-13-28-42(39)48/h1-3,5-7,9-16,18-22,24-31H,4,8,17,23H2. The van der Waals surface area contributed by atoms with Gasteiger partial charge in [0.1, 0.15) is 0 Å². The van der Waals surface area contributed by atoms with Gasteiger partial charge in [-0.25, -0.2) is 15.0 Å². The minimum Gasteiger partial charge on any atom is -0.208 e. The third-order valence-corrected chi connectivity index (χ3v) is 11.9. The molecule has 3 aliphatic carbocycles. The van der Waals surface area contributed by atoms with E-state index in [1.807, 2.05) is 0 Å². The first-order valence-electron chi connectivity index (χ1n) is 18.1. The third kappa shape index (κ3) is 4.97. The van der Waals surface area contributed by atoms with Crippen LogP contribution in [-0.2, 0) is 5.41 Å². The maximum absolute atomic E-state index is 5.33. The van der Waals surface area contributed by atoms with Gasteiger partial charge in [-0.05, 0) is 93.8 Å².